The Morgan fingerprint density at radius 2 is 2.00 bits per heavy atom. The van der Waals surface area contributed by atoms with E-state index in [9.17, 15) is 0 Å². The first kappa shape index (κ1) is 11.0. The molecule has 14 heavy (non-hydrogen) atoms. The molecule has 0 unspecified atom stereocenters. The van der Waals surface area contributed by atoms with E-state index in [1.54, 1.807) is 0 Å². The van der Waals surface area contributed by atoms with E-state index >= 15 is 0 Å². The van der Waals surface area contributed by atoms with Gasteiger partial charge < -0.3 is 5.73 Å². The smallest absolute Gasteiger partial charge is 0.00765 e. The van der Waals surface area contributed by atoms with Gasteiger partial charge >= 0.3 is 0 Å². The van der Waals surface area contributed by atoms with Gasteiger partial charge in [-0.15, -0.1) is 0 Å². The predicted molar refractivity (Wildman–Crippen MR) is 62.2 cm³/mol. The van der Waals surface area contributed by atoms with Crippen LogP contribution in [0, 0.1) is 0 Å². The molecule has 0 aliphatic carbocycles. The van der Waals surface area contributed by atoms with Crippen LogP contribution in [0.15, 0.2) is 42.5 Å². The van der Waals surface area contributed by atoms with Crippen molar-refractivity contribution in [3.05, 3.63) is 48.0 Å². The number of aryl methyl sites for hydroxylation is 1. The molecule has 0 aliphatic rings. The Morgan fingerprint density at radius 1 is 1.29 bits per heavy atom. The van der Waals surface area contributed by atoms with Crippen LogP contribution in [0.5, 0.6) is 0 Å². The van der Waals surface area contributed by atoms with Gasteiger partial charge in [-0.25, -0.2) is 0 Å². The largest absolute Gasteiger partial charge is 0.327 e. The van der Waals surface area contributed by atoms with E-state index in [1.165, 1.54) is 5.56 Å². The van der Waals surface area contributed by atoms with Crippen molar-refractivity contribution < 1.29 is 0 Å². The van der Waals surface area contributed by atoms with E-state index in [4.69, 9.17) is 5.73 Å². The maximum atomic E-state index is 5.96. The van der Waals surface area contributed by atoms with Gasteiger partial charge in [0.25, 0.3) is 0 Å². The maximum absolute atomic E-state index is 5.96. The molecule has 1 aromatic rings. The fourth-order valence-electron chi connectivity index (χ4n) is 1.43. The number of hydrogen-bond acceptors (Lipinski definition) is 1. The average molecular weight is 189 g/mol. The first-order chi connectivity index (χ1) is 6.83. The van der Waals surface area contributed by atoms with Crippen molar-refractivity contribution in [2.45, 2.75) is 32.2 Å². The quantitative estimate of drug-likeness (QED) is 0.708. The number of benzene rings is 1. The van der Waals surface area contributed by atoms with Gasteiger partial charge in [-0.05, 0) is 31.7 Å². The molecule has 1 aromatic carbocycles. The third-order valence-electron chi connectivity index (χ3n) is 2.32. The zero-order valence-electron chi connectivity index (χ0n) is 8.82. The monoisotopic (exact) mass is 189 g/mol. The highest BCUT2D eigenvalue weighted by Gasteiger charge is 2.00. The van der Waals surface area contributed by atoms with Gasteiger partial charge in [0, 0.05) is 6.04 Å². The van der Waals surface area contributed by atoms with E-state index in [1.807, 2.05) is 13.0 Å². The van der Waals surface area contributed by atoms with Crippen molar-refractivity contribution in [2.24, 2.45) is 5.73 Å². The van der Waals surface area contributed by atoms with Crippen LogP contribution in [0.1, 0.15) is 25.3 Å². The summed E-state index contributed by atoms with van der Waals surface area (Å²) in [6.07, 6.45) is 7.33. The minimum absolute atomic E-state index is 0.298. The van der Waals surface area contributed by atoms with Crippen LogP contribution < -0.4 is 5.73 Å². The summed E-state index contributed by atoms with van der Waals surface area (Å²) < 4.78 is 0. The van der Waals surface area contributed by atoms with Gasteiger partial charge in [0.2, 0.25) is 0 Å². The molecule has 0 spiro atoms. The highest BCUT2D eigenvalue weighted by molar-refractivity contribution is 5.14. The molecule has 0 saturated carbocycles. The molecule has 0 radical (unpaired) electrons. The van der Waals surface area contributed by atoms with Crippen molar-refractivity contribution in [2.75, 3.05) is 0 Å². The molecule has 0 aliphatic heterocycles. The normalized spacial score (nSPS) is 13.3. The Balaban J connectivity index is 2.27. The molecule has 0 amide bonds. The average Bonchev–Trinajstić information content (AvgIpc) is 2.25. The minimum Gasteiger partial charge on any atom is -0.327 e. The lowest BCUT2D eigenvalue weighted by atomic mass is 10.0. The Bertz CT molecular complexity index is 264. The summed E-state index contributed by atoms with van der Waals surface area (Å²) in [4.78, 5) is 0. The number of hydrogen-bond donors (Lipinski definition) is 1. The molecular formula is C13H19N. The second kappa shape index (κ2) is 6.39. The summed E-state index contributed by atoms with van der Waals surface area (Å²) in [5.74, 6) is 0. The molecule has 2 N–H and O–H groups in total. The van der Waals surface area contributed by atoms with Crippen LogP contribution in [0.2, 0.25) is 0 Å². The minimum atomic E-state index is 0.298. The summed E-state index contributed by atoms with van der Waals surface area (Å²) in [5.41, 5.74) is 7.33. The van der Waals surface area contributed by atoms with E-state index in [-0.39, 0.29) is 0 Å². The summed E-state index contributed by atoms with van der Waals surface area (Å²) >= 11 is 0. The Morgan fingerprint density at radius 3 is 2.64 bits per heavy atom. The van der Waals surface area contributed by atoms with Gasteiger partial charge in [0.05, 0.1) is 0 Å². The van der Waals surface area contributed by atoms with Crippen LogP contribution >= 0.6 is 0 Å². The molecular weight excluding hydrogens is 170 g/mol. The number of nitrogens with two attached hydrogens (primary N) is 1. The molecule has 76 valence electrons. The van der Waals surface area contributed by atoms with Crippen molar-refractivity contribution in [1.29, 1.82) is 0 Å². The molecule has 0 bridgehead atoms. The lowest BCUT2D eigenvalue weighted by Crippen LogP contribution is -2.19. The SMILES string of the molecule is C/C=C/C[C@@H](N)CCc1ccccc1. The second-order valence-electron chi connectivity index (χ2n) is 3.59. The summed E-state index contributed by atoms with van der Waals surface area (Å²) in [6, 6.07) is 10.8. The molecule has 0 fully saturated rings. The van der Waals surface area contributed by atoms with Crippen LogP contribution in [-0.2, 0) is 6.42 Å². The van der Waals surface area contributed by atoms with E-state index < -0.39 is 0 Å². The van der Waals surface area contributed by atoms with E-state index in [0.717, 1.165) is 19.3 Å². The van der Waals surface area contributed by atoms with Crippen LogP contribution in [0.3, 0.4) is 0 Å². The molecule has 0 saturated heterocycles. The van der Waals surface area contributed by atoms with Crippen LogP contribution in [0.4, 0.5) is 0 Å². The Hall–Kier alpha value is -1.08. The topological polar surface area (TPSA) is 26.0 Å². The predicted octanol–water partition coefficient (Wildman–Crippen LogP) is 2.91. The molecule has 1 heteroatoms. The van der Waals surface area contributed by atoms with Crippen molar-refractivity contribution >= 4 is 0 Å². The third-order valence-corrected chi connectivity index (χ3v) is 2.32. The highest BCUT2D eigenvalue weighted by atomic mass is 14.6. The van der Waals surface area contributed by atoms with Gasteiger partial charge in [-0.2, -0.15) is 0 Å². The van der Waals surface area contributed by atoms with Gasteiger partial charge in [-0.1, -0.05) is 42.5 Å². The summed E-state index contributed by atoms with van der Waals surface area (Å²) in [5, 5.41) is 0. The zero-order chi connectivity index (χ0) is 10.2. The van der Waals surface area contributed by atoms with Crippen LogP contribution in [-0.4, -0.2) is 6.04 Å². The van der Waals surface area contributed by atoms with Crippen molar-refractivity contribution in [1.82, 2.24) is 0 Å². The number of rotatable bonds is 5. The lowest BCUT2D eigenvalue weighted by molar-refractivity contribution is 0.621. The Labute approximate surface area is 86.6 Å². The first-order valence-electron chi connectivity index (χ1n) is 5.23. The third kappa shape index (κ3) is 4.24. The molecule has 1 rings (SSSR count). The van der Waals surface area contributed by atoms with E-state index in [2.05, 4.69) is 36.4 Å². The highest BCUT2D eigenvalue weighted by Crippen LogP contribution is 2.05. The Kier molecular flexibility index (Phi) is 5.02. The molecule has 1 nitrogen and oxygen atoms in total. The van der Waals surface area contributed by atoms with E-state index in [0.29, 0.717) is 6.04 Å². The fourth-order valence-corrected chi connectivity index (χ4v) is 1.43. The van der Waals surface area contributed by atoms with Gasteiger partial charge in [-0.3, -0.25) is 0 Å². The molecule has 0 aromatic heterocycles. The second-order valence-corrected chi connectivity index (χ2v) is 3.59. The maximum Gasteiger partial charge on any atom is 0.00765 e. The van der Waals surface area contributed by atoms with Gasteiger partial charge in [0.15, 0.2) is 0 Å². The van der Waals surface area contributed by atoms with Crippen molar-refractivity contribution in [3.8, 4) is 0 Å². The lowest BCUT2D eigenvalue weighted by Gasteiger charge is -2.08. The summed E-state index contributed by atoms with van der Waals surface area (Å²) in [6.45, 7) is 2.03. The standard InChI is InChI=1S/C13H19N/c1-2-3-9-13(14)11-10-12-7-5-4-6-8-12/h2-8,13H,9-11,14H2,1H3/b3-2+/t13-/m1/s1. The fraction of sp³-hybridized carbons (Fsp3) is 0.385. The number of allylic oxidation sites excluding steroid dienone is 1. The van der Waals surface area contributed by atoms with Crippen molar-refractivity contribution in [3.63, 3.8) is 0 Å². The summed E-state index contributed by atoms with van der Waals surface area (Å²) in [7, 11) is 0. The molecule has 1 atom stereocenters. The van der Waals surface area contributed by atoms with Crippen LogP contribution in [0.25, 0.3) is 0 Å². The molecule has 0 heterocycles. The zero-order valence-corrected chi connectivity index (χ0v) is 8.82. The first-order valence-corrected chi connectivity index (χ1v) is 5.23. The van der Waals surface area contributed by atoms with Gasteiger partial charge in [0.1, 0.15) is 0 Å².